The normalized spacial score (nSPS) is 10.8. The van der Waals surface area contributed by atoms with Crippen molar-refractivity contribution >= 4 is 28.3 Å². The van der Waals surface area contributed by atoms with E-state index in [1.807, 2.05) is 18.2 Å². The highest BCUT2D eigenvalue weighted by Gasteiger charge is 2.13. The van der Waals surface area contributed by atoms with Gasteiger partial charge in [0.1, 0.15) is 17.9 Å². The van der Waals surface area contributed by atoms with Gasteiger partial charge >= 0.3 is 5.63 Å². The third kappa shape index (κ3) is 3.97. The van der Waals surface area contributed by atoms with Gasteiger partial charge in [-0.2, -0.15) is 0 Å². The molecule has 0 spiro atoms. The first-order valence-electron chi connectivity index (χ1n) is 8.70. The van der Waals surface area contributed by atoms with Gasteiger partial charge in [0.05, 0.1) is 4.92 Å². The largest absolute Gasteiger partial charge is 0.489 e. The molecule has 144 valence electrons. The predicted molar refractivity (Wildman–Crippen MR) is 110 cm³/mol. The van der Waals surface area contributed by atoms with Gasteiger partial charge in [-0.05, 0) is 23.8 Å². The van der Waals surface area contributed by atoms with E-state index in [1.54, 1.807) is 36.4 Å². The van der Waals surface area contributed by atoms with Gasteiger partial charge in [0.25, 0.3) is 5.69 Å². The number of nitro groups is 1. The van der Waals surface area contributed by atoms with Crippen LogP contribution in [0.5, 0.6) is 5.75 Å². The molecule has 1 heterocycles. The van der Waals surface area contributed by atoms with E-state index in [0.29, 0.717) is 32.9 Å². The van der Waals surface area contributed by atoms with E-state index in [0.717, 1.165) is 5.56 Å². The standard InChI is InChI=1S/C22H14ClNO5/c23-20-7-2-1-4-15(20)13-28-17-8-9-18-19(12-22(25)29-21(18)11-17)14-5-3-6-16(10-14)24(26)27/h1-12H,13H2. The fourth-order valence-electron chi connectivity index (χ4n) is 3.04. The van der Waals surface area contributed by atoms with E-state index in [2.05, 4.69) is 0 Å². The van der Waals surface area contributed by atoms with Crippen LogP contribution in [0.25, 0.3) is 22.1 Å². The van der Waals surface area contributed by atoms with Crippen molar-refractivity contribution in [2.45, 2.75) is 6.61 Å². The Balaban J connectivity index is 1.71. The average Bonchev–Trinajstić information content (AvgIpc) is 2.72. The van der Waals surface area contributed by atoms with E-state index >= 15 is 0 Å². The number of nitro benzene ring substituents is 1. The Morgan fingerprint density at radius 1 is 1.00 bits per heavy atom. The Morgan fingerprint density at radius 3 is 2.62 bits per heavy atom. The molecule has 0 bridgehead atoms. The van der Waals surface area contributed by atoms with Crippen LogP contribution in [-0.4, -0.2) is 4.92 Å². The number of non-ortho nitro benzene ring substituents is 1. The molecule has 7 heteroatoms. The van der Waals surface area contributed by atoms with Gasteiger partial charge in [-0.3, -0.25) is 10.1 Å². The Labute approximate surface area is 170 Å². The monoisotopic (exact) mass is 407 g/mol. The zero-order valence-corrected chi connectivity index (χ0v) is 15.8. The number of hydrogen-bond donors (Lipinski definition) is 0. The Bertz CT molecular complexity index is 1280. The van der Waals surface area contributed by atoms with Crippen LogP contribution in [0.3, 0.4) is 0 Å². The second-order valence-corrected chi connectivity index (χ2v) is 6.73. The molecule has 0 atom stereocenters. The highest BCUT2D eigenvalue weighted by Crippen LogP contribution is 2.31. The summed E-state index contributed by atoms with van der Waals surface area (Å²) in [4.78, 5) is 22.7. The molecule has 4 aromatic rings. The molecule has 0 radical (unpaired) electrons. The van der Waals surface area contributed by atoms with Gasteiger partial charge in [-0.25, -0.2) is 4.79 Å². The first kappa shape index (κ1) is 18.7. The summed E-state index contributed by atoms with van der Waals surface area (Å²) < 4.78 is 11.1. The molecule has 0 N–H and O–H groups in total. The zero-order valence-electron chi connectivity index (χ0n) is 15.0. The van der Waals surface area contributed by atoms with Crippen molar-refractivity contribution in [3.63, 3.8) is 0 Å². The second-order valence-electron chi connectivity index (χ2n) is 6.32. The lowest BCUT2D eigenvalue weighted by molar-refractivity contribution is -0.384. The van der Waals surface area contributed by atoms with E-state index in [4.69, 9.17) is 20.8 Å². The van der Waals surface area contributed by atoms with Crippen LogP contribution in [0, 0.1) is 10.1 Å². The lowest BCUT2D eigenvalue weighted by Gasteiger charge is -2.10. The number of nitrogens with zero attached hydrogens (tertiary/aromatic N) is 1. The summed E-state index contributed by atoms with van der Waals surface area (Å²) in [6, 6.07) is 19.9. The first-order valence-corrected chi connectivity index (χ1v) is 9.08. The molecule has 0 amide bonds. The molecular formula is C22H14ClNO5. The molecule has 4 rings (SSSR count). The van der Waals surface area contributed by atoms with Crippen molar-refractivity contribution in [2.75, 3.05) is 0 Å². The van der Waals surface area contributed by atoms with E-state index in [-0.39, 0.29) is 12.3 Å². The summed E-state index contributed by atoms with van der Waals surface area (Å²) in [5.74, 6) is 0.511. The van der Waals surface area contributed by atoms with Crippen LogP contribution in [-0.2, 0) is 6.61 Å². The third-order valence-electron chi connectivity index (χ3n) is 4.44. The number of fused-ring (bicyclic) bond motifs is 1. The quantitative estimate of drug-likeness (QED) is 0.244. The maximum absolute atomic E-state index is 12.1. The lowest BCUT2D eigenvalue weighted by atomic mass is 10.0. The number of halogens is 1. The number of rotatable bonds is 5. The first-order chi connectivity index (χ1) is 14.0. The van der Waals surface area contributed by atoms with E-state index in [9.17, 15) is 14.9 Å². The smallest absolute Gasteiger partial charge is 0.336 e. The highest BCUT2D eigenvalue weighted by atomic mass is 35.5. The number of ether oxygens (including phenoxy) is 1. The van der Waals surface area contributed by atoms with Crippen molar-refractivity contribution in [2.24, 2.45) is 0 Å². The Hall–Kier alpha value is -3.64. The maximum Gasteiger partial charge on any atom is 0.336 e. The molecule has 0 unspecified atom stereocenters. The number of hydrogen-bond acceptors (Lipinski definition) is 5. The highest BCUT2D eigenvalue weighted by molar-refractivity contribution is 6.31. The molecular weight excluding hydrogens is 394 g/mol. The van der Waals surface area contributed by atoms with Gasteiger partial charge in [0, 0.05) is 45.8 Å². The van der Waals surface area contributed by atoms with Crippen LogP contribution < -0.4 is 10.4 Å². The minimum Gasteiger partial charge on any atom is -0.489 e. The summed E-state index contributed by atoms with van der Waals surface area (Å²) in [5.41, 5.74) is 1.67. The topological polar surface area (TPSA) is 82.6 Å². The molecule has 3 aromatic carbocycles. The van der Waals surface area contributed by atoms with Crippen LogP contribution in [0.15, 0.2) is 82.0 Å². The maximum atomic E-state index is 12.1. The molecule has 6 nitrogen and oxygen atoms in total. The van der Waals surface area contributed by atoms with Crippen molar-refractivity contribution in [1.82, 2.24) is 0 Å². The van der Waals surface area contributed by atoms with Crippen molar-refractivity contribution in [3.05, 3.63) is 104 Å². The minimum atomic E-state index is -0.553. The Kier molecular flexibility index (Phi) is 5.01. The van der Waals surface area contributed by atoms with Gasteiger partial charge in [0.2, 0.25) is 0 Å². The molecule has 0 fully saturated rings. The average molecular weight is 408 g/mol. The molecule has 29 heavy (non-hydrogen) atoms. The minimum absolute atomic E-state index is 0.0522. The van der Waals surface area contributed by atoms with E-state index < -0.39 is 10.5 Å². The zero-order chi connectivity index (χ0) is 20.4. The molecule has 0 aliphatic rings. The summed E-state index contributed by atoms with van der Waals surface area (Å²) in [6.45, 7) is 0.264. The van der Waals surface area contributed by atoms with Crippen LogP contribution in [0.2, 0.25) is 5.02 Å². The van der Waals surface area contributed by atoms with Crippen LogP contribution >= 0.6 is 11.6 Å². The molecule has 0 aliphatic carbocycles. The van der Waals surface area contributed by atoms with Crippen LogP contribution in [0.4, 0.5) is 5.69 Å². The van der Waals surface area contributed by atoms with Gasteiger partial charge < -0.3 is 9.15 Å². The van der Waals surface area contributed by atoms with Crippen molar-refractivity contribution < 1.29 is 14.1 Å². The summed E-state index contributed by atoms with van der Waals surface area (Å²) >= 11 is 6.14. The lowest BCUT2D eigenvalue weighted by Crippen LogP contribution is -2.00. The molecule has 0 saturated heterocycles. The summed E-state index contributed by atoms with van der Waals surface area (Å²) in [6.07, 6.45) is 0. The predicted octanol–water partition coefficient (Wildman–Crippen LogP) is 5.60. The summed E-state index contributed by atoms with van der Waals surface area (Å²) in [7, 11) is 0. The van der Waals surface area contributed by atoms with Crippen molar-refractivity contribution in [1.29, 1.82) is 0 Å². The summed E-state index contributed by atoms with van der Waals surface area (Å²) in [5, 5.41) is 12.3. The van der Waals surface area contributed by atoms with Gasteiger partial charge in [0.15, 0.2) is 0 Å². The van der Waals surface area contributed by atoms with Gasteiger partial charge in [-0.15, -0.1) is 0 Å². The molecule has 1 aromatic heterocycles. The fraction of sp³-hybridized carbons (Fsp3) is 0.0455. The van der Waals surface area contributed by atoms with Crippen LogP contribution in [0.1, 0.15) is 5.56 Å². The van der Waals surface area contributed by atoms with Gasteiger partial charge in [-0.1, -0.05) is 41.9 Å². The van der Waals surface area contributed by atoms with Crippen molar-refractivity contribution in [3.8, 4) is 16.9 Å². The Morgan fingerprint density at radius 2 is 1.83 bits per heavy atom. The molecule has 0 saturated carbocycles. The fourth-order valence-corrected chi connectivity index (χ4v) is 3.23. The van der Waals surface area contributed by atoms with E-state index in [1.165, 1.54) is 18.2 Å². The second kappa shape index (κ2) is 7.77. The third-order valence-corrected chi connectivity index (χ3v) is 4.80. The molecule has 0 aliphatic heterocycles. The SMILES string of the molecule is O=c1cc(-c2cccc([N+](=O)[O-])c2)c2ccc(OCc3ccccc3Cl)cc2o1. The number of benzene rings is 3.